The quantitative estimate of drug-likeness (QED) is 0.599. The van der Waals surface area contributed by atoms with Crippen LogP contribution in [0.5, 0.6) is 0 Å². The second kappa shape index (κ2) is 8.84. The van der Waals surface area contributed by atoms with Crippen molar-refractivity contribution in [3.8, 4) is 10.4 Å². The largest absolute Gasteiger partial charge is 0.357 e. The van der Waals surface area contributed by atoms with Crippen LogP contribution in [0.1, 0.15) is 30.2 Å². The molecule has 0 aliphatic carbocycles. The highest BCUT2D eigenvalue weighted by Gasteiger charge is 2.16. The molecule has 3 aromatic rings. The molecule has 3 nitrogen and oxygen atoms in total. The topological polar surface area (TPSA) is 28.2 Å². The predicted molar refractivity (Wildman–Crippen MR) is 115 cm³/mol. The summed E-state index contributed by atoms with van der Waals surface area (Å²) in [5, 5.41) is 3.47. The van der Waals surface area contributed by atoms with Crippen LogP contribution in [0.4, 0.5) is 10.2 Å². The van der Waals surface area contributed by atoms with E-state index in [1.165, 1.54) is 29.3 Å². The monoisotopic (exact) mass is 395 g/mol. The van der Waals surface area contributed by atoms with Gasteiger partial charge in [0.2, 0.25) is 0 Å². The minimum atomic E-state index is -0.168. The Kier molecular flexibility index (Phi) is 6.03. The van der Waals surface area contributed by atoms with Crippen molar-refractivity contribution in [3.63, 3.8) is 0 Å². The van der Waals surface area contributed by atoms with Gasteiger partial charge in [-0.25, -0.2) is 9.37 Å². The van der Waals surface area contributed by atoms with Gasteiger partial charge in [-0.15, -0.1) is 11.3 Å². The zero-order valence-corrected chi connectivity index (χ0v) is 17.0. The van der Waals surface area contributed by atoms with Crippen molar-refractivity contribution >= 4 is 17.2 Å². The molecule has 4 rings (SSSR count). The highest BCUT2D eigenvalue weighted by molar-refractivity contribution is 7.15. The van der Waals surface area contributed by atoms with Crippen LogP contribution in [-0.4, -0.2) is 18.1 Å². The lowest BCUT2D eigenvalue weighted by Crippen LogP contribution is -2.33. The minimum Gasteiger partial charge on any atom is -0.357 e. The zero-order chi connectivity index (χ0) is 19.3. The number of aromatic nitrogens is 1. The molecule has 0 spiro atoms. The second-order valence-corrected chi connectivity index (χ2v) is 8.71. The molecule has 0 atom stereocenters. The van der Waals surface area contributed by atoms with Gasteiger partial charge in [0.15, 0.2) is 0 Å². The van der Waals surface area contributed by atoms with E-state index in [4.69, 9.17) is 0 Å². The Morgan fingerprint density at radius 1 is 1.07 bits per heavy atom. The number of thiophene rings is 1. The molecule has 28 heavy (non-hydrogen) atoms. The number of anilines is 1. The maximum atomic E-state index is 13.9. The molecular formula is C23H26FN3S. The van der Waals surface area contributed by atoms with Crippen molar-refractivity contribution in [1.82, 2.24) is 10.3 Å². The van der Waals surface area contributed by atoms with Crippen LogP contribution in [-0.2, 0) is 13.1 Å². The molecule has 0 saturated carbocycles. The summed E-state index contributed by atoms with van der Waals surface area (Å²) >= 11 is 1.63. The Morgan fingerprint density at radius 2 is 1.89 bits per heavy atom. The predicted octanol–water partition coefficient (Wildman–Crippen LogP) is 5.48. The second-order valence-electron chi connectivity index (χ2n) is 7.54. The molecule has 1 N–H and O–H groups in total. The number of rotatable bonds is 6. The lowest BCUT2D eigenvalue weighted by molar-refractivity contribution is 0.436. The average Bonchev–Trinajstić information content (AvgIpc) is 3.18. The number of nitrogens with zero attached hydrogens (tertiary/aromatic N) is 2. The highest BCUT2D eigenvalue weighted by Crippen LogP contribution is 2.30. The van der Waals surface area contributed by atoms with Gasteiger partial charge in [0.25, 0.3) is 0 Å². The summed E-state index contributed by atoms with van der Waals surface area (Å²) in [5.74, 6) is 1.75. The Labute approximate surface area is 170 Å². The summed E-state index contributed by atoms with van der Waals surface area (Å²) < 4.78 is 13.9. The third kappa shape index (κ3) is 4.59. The Balaban J connectivity index is 1.29. The van der Waals surface area contributed by atoms with Crippen molar-refractivity contribution in [3.05, 3.63) is 71.0 Å². The molecule has 1 saturated heterocycles. The maximum absolute atomic E-state index is 13.9. The first-order valence-corrected chi connectivity index (χ1v) is 10.7. The fourth-order valence-corrected chi connectivity index (χ4v) is 4.56. The van der Waals surface area contributed by atoms with E-state index in [0.717, 1.165) is 42.8 Å². The first-order chi connectivity index (χ1) is 13.7. The molecule has 5 heteroatoms. The first kappa shape index (κ1) is 19.1. The SMILES string of the molecule is CC1CCN(c2ccc(CNCc3ccc(-c4ccccc4F)s3)cn2)CC1. The number of hydrogen-bond donors (Lipinski definition) is 1. The fourth-order valence-electron chi connectivity index (χ4n) is 3.55. The molecule has 146 valence electrons. The van der Waals surface area contributed by atoms with Crippen LogP contribution >= 0.6 is 11.3 Å². The number of hydrogen-bond acceptors (Lipinski definition) is 4. The van der Waals surface area contributed by atoms with E-state index >= 15 is 0 Å². The molecule has 0 unspecified atom stereocenters. The molecule has 3 heterocycles. The van der Waals surface area contributed by atoms with Crippen molar-refractivity contribution in [2.24, 2.45) is 5.92 Å². The van der Waals surface area contributed by atoms with Crippen molar-refractivity contribution in [2.75, 3.05) is 18.0 Å². The first-order valence-electron chi connectivity index (χ1n) is 9.93. The van der Waals surface area contributed by atoms with E-state index in [0.29, 0.717) is 5.56 Å². The van der Waals surface area contributed by atoms with E-state index in [2.05, 4.69) is 40.3 Å². The Hall–Kier alpha value is -2.24. The number of halogens is 1. The van der Waals surface area contributed by atoms with Gasteiger partial charge in [0, 0.05) is 47.7 Å². The molecule has 1 aromatic carbocycles. The smallest absolute Gasteiger partial charge is 0.131 e. The molecular weight excluding hydrogens is 369 g/mol. The van der Waals surface area contributed by atoms with E-state index < -0.39 is 0 Å². The maximum Gasteiger partial charge on any atom is 0.131 e. The van der Waals surface area contributed by atoms with E-state index in [1.54, 1.807) is 17.4 Å². The summed E-state index contributed by atoms with van der Waals surface area (Å²) in [6.07, 6.45) is 4.47. The highest BCUT2D eigenvalue weighted by atomic mass is 32.1. The summed E-state index contributed by atoms with van der Waals surface area (Å²) in [5.41, 5.74) is 1.85. The summed E-state index contributed by atoms with van der Waals surface area (Å²) in [7, 11) is 0. The van der Waals surface area contributed by atoms with Crippen molar-refractivity contribution in [1.29, 1.82) is 0 Å². The van der Waals surface area contributed by atoms with E-state index in [9.17, 15) is 4.39 Å². The van der Waals surface area contributed by atoms with Gasteiger partial charge in [-0.2, -0.15) is 0 Å². The molecule has 1 aliphatic rings. The van der Waals surface area contributed by atoms with Crippen LogP contribution in [0.15, 0.2) is 54.7 Å². The molecule has 2 aromatic heterocycles. The Morgan fingerprint density at radius 3 is 2.64 bits per heavy atom. The third-order valence-corrected chi connectivity index (χ3v) is 6.46. The van der Waals surface area contributed by atoms with E-state index in [1.807, 2.05) is 24.4 Å². The number of piperidine rings is 1. The lowest BCUT2D eigenvalue weighted by Gasteiger charge is -2.31. The average molecular weight is 396 g/mol. The van der Waals surface area contributed by atoms with Gasteiger partial charge in [0.05, 0.1) is 0 Å². The third-order valence-electron chi connectivity index (χ3n) is 5.35. The van der Waals surface area contributed by atoms with Gasteiger partial charge < -0.3 is 10.2 Å². The Bertz CT molecular complexity index is 898. The number of pyridine rings is 1. The van der Waals surface area contributed by atoms with Gasteiger partial charge in [-0.3, -0.25) is 0 Å². The number of nitrogens with one attached hydrogen (secondary N) is 1. The van der Waals surface area contributed by atoms with Gasteiger partial charge in [0.1, 0.15) is 11.6 Å². The summed E-state index contributed by atoms with van der Waals surface area (Å²) in [4.78, 5) is 9.20. The van der Waals surface area contributed by atoms with Crippen molar-refractivity contribution < 1.29 is 4.39 Å². The van der Waals surface area contributed by atoms with Crippen LogP contribution < -0.4 is 10.2 Å². The summed E-state index contributed by atoms with van der Waals surface area (Å²) in [6.45, 7) is 6.08. The standard InChI is InChI=1S/C23H26FN3S/c1-17-10-12-27(13-11-17)23-9-6-18(15-26-23)14-25-16-19-7-8-22(28-19)20-4-2-3-5-21(20)24/h2-9,15,17,25H,10-14,16H2,1H3. The molecule has 0 radical (unpaired) electrons. The fraction of sp³-hybridized carbons (Fsp3) is 0.348. The van der Waals surface area contributed by atoms with Gasteiger partial charge in [-0.1, -0.05) is 31.2 Å². The van der Waals surface area contributed by atoms with Gasteiger partial charge >= 0.3 is 0 Å². The minimum absolute atomic E-state index is 0.168. The van der Waals surface area contributed by atoms with Crippen LogP contribution in [0.2, 0.25) is 0 Å². The van der Waals surface area contributed by atoms with Crippen LogP contribution in [0.25, 0.3) is 10.4 Å². The number of benzene rings is 1. The molecule has 0 bridgehead atoms. The zero-order valence-electron chi connectivity index (χ0n) is 16.2. The normalized spacial score (nSPS) is 15.1. The van der Waals surface area contributed by atoms with Crippen molar-refractivity contribution in [2.45, 2.75) is 32.9 Å². The van der Waals surface area contributed by atoms with Crippen LogP contribution in [0.3, 0.4) is 0 Å². The summed E-state index contributed by atoms with van der Waals surface area (Å²) in [6, 6.07) is 15.3. The van der Waals surface area contributed by atoms with E-state index in [-0.39, 0.29) is 5.82 Å². The molecule has 1 fully saturated rings. The lowest BCUT2D eigenvalue weighted by atomic mass is 9.99. The van der Waals surface area contributed by atoms with Gasteiger partial charge in [-0.05, 0) is 48.6 Å². The molecule has 1 aliphatic heterocycles. The van der Waals surface area contributed by atoms with Crippen LogP contribution in [0, 0.1) is 11.7 Å². The molecule has 0 amide bonds.